The normalized spacial score (nSPS) is 19.6. The molecule has 1 saturated carbocycles. The molecule has 18 heavy (non-hydrogen) atoms. The Labute approximate surface area is 112 Å². The van der Waals surface area contributed by atoms with Gasteiger partial charge in [0, 0.05) is 0 Å². The minimum Gasteiger partial charge on any atom is -0.465 e. The number of hydrogen-bond donors (Lipinski definition) is 1. The van der Waals surface area contributed by atoms with Gasteiger partial charge in [-0.25, -0.2) is 0 Å². The van der Waals surface area contributed by atoms with Crippen LogP contribution >= 0.6 is 0 Å². The standard InChI is InChI=1S/C15H29NO2/c1-4-18-15(17)14(16-11-12(2)3)13-9-7-5-6-8-10-13/h12-14,16H,4-11H2,1-3H3. The lowest BCUT2D eigenvalue weighted by Gasteiger charge is -2.26. The van der Waals surface area contributed by atoms with Gasteiger partial charge in [-0.15, -0.1) is 0 Å². The molecule has 1 atom stereocenters. The van der Waals surface area contributed by atoms with Crippen molar-refractivity contribution in [2.45, 2.75) is 65.3 Å². The summed E-state index contributed by atoms with van der Waals surface area (Å²) in [6.07, 6.45) is 7.46. The predicted octanol–water partition coefficient (Wildman–Crippen LogP) is 3.13. The van der Waals surface area contributed by atoms with Crippen molar-refractivity contribution in [3.63, 3.8) is 0 Å². The van der Waals surface area contributed by atoms with E-state index in [4.69, 9.17) is 4.74 Å². The number of ether oxygens (including phenoxy) is 1. The summed E-state index contributed by atoms with van der Waals surface area (Å²) in [6, 6.07) is -0.0922. The topological polar surface area (TPSA) is 38.3 Å². The van der Waals surface area contributed by atoms with Crippen LogP contribution in [0, 0.1) is 11.8 Å². The molecule has 1 aliphatic carbocycles. The van der Waals surface area contributed by atoms with Gasteiger partial charge in [-0.05, 0) is 38.1 Å². The first kappa shape index (κ1) is 15.5. The van der Waals surface area contributed by atoms with Crippen molar-refractivity contribution >= 4 is 5.97 Å². The lowest BCUT2D eigenvalue weighted by molar-refractivity contribution is -0.147. The highest BCUT2D eigenvalue weighted by Gasteiger charge is 2.29. The van der Waals surface area contributed by atoms with Crippen LogP contribution < -0.4 is 5.32 Å². The molecule has 1 aliphatic rings. The van der Waals surface area contributed by atoms with E-state index in [1.807, 2.05) is 6.92 Å². The van der Waals surface area contributed by atoms with Gasteiger partial charge in [0.1, 0.15) is 6.04 Å². The van der Waals surface area contributed by atoms with Crippen molar-refractivity contribution in [2.24, 2.45) is 11.8 Å². The van der Waals surface area contributed by atoms with Crippen LogP contribution in [0.5, 0.6) is 0 Å². The highest BCUT2D eigenvalue weighted by atomic mass is 16.5. The molecule has 0 heterocycles. The molecule has 0 bridgehead atoms. The fourth-order valence-electron chi connectivity index (χ4n) is 2.68. The Bertz CT molecular complexity index is 233. The summed E-state index contributed by atoms with van der Waals surface area (Å²) in [5.41, 5.74) is 0. The quantitative estimate of drug-likeness (QED) is 0.585. The van der Waals surface area contributed by atoms with Crippen LogP contribution in [-0.2, 0) is 9.53 Å². The maximum atomic E-state index is 12.1. The molecule has 1 fully saturated rings. The van der Waals surface area contributed by atoms with Crippen molar-refractivity contribution < 1.29 is 9.53 Å². The second-order valence-corrected chi connectivity index (χ2v) is 5.78. The minimum absolute atomic E-state index is 0.0509. The highest BCUT2D eigenvalue weighted by molar-refractivity contribution is 5.76. The molecule has 0 amide bonds. The van der Waals surface area contributed by atoms with Crippen molar-refractivity contribution in [1.82, 2.24) is 5.32 Å². The van der Waals surface area contributed by atoms with E-state index >= 15 is 0 Å². The molecule has 0 aromatic carbocycles. The number of carbonyl (C=O) groups is 1. The molecule has 1 unspecified atom stereocenters. The number of rotatable bonds is 6. The van der Waals surface area contributed by atoms with E-state index < -0.39 is 0 Å². The zero-order valence-electron chi connectivity index (χ0n) is 12.2. The van der Waals surface area contributed by atoms with Crippen LogP contribution in [0.15, 0.2) is 0 Å². The maximum Gasteiger partial charge on any atom is 0.323 e. The summed E-state index contributed by atoms with van der Waals surface area (Å²) in [5, 5.41) is 3.43. The Morgan fingerprint density at radius 1 is 1.22 bits per heavy atom. The van der Waals surface area contributed by atoms with E-state index in [-0.39, 0.29) is 12.0 Å². The average Bonchev–Trinajstić information content (AvgIpc) is 2.58. The molecule has 106 valence electrons. The SMILES string of the molecule is CCOC(=O)C(NCC(C)C)C1CCCCCC1. The van der Waals surface area contributed by atoms with Crippen LogP contribution in [0.3, 0.4) is 0 Å². The van der Waals surface area contributed by atoms with E-state index in [0.29, 0.717) is 18.4 Å². The summed E-state index contributed by atoms with van der Waals surface area (Å²) in [5.74, 6) is 0.975. The Morgan fingerprint density at radius 3 is 2.33 bits per heavy atom. The van der Waals surface area contributed by atoms with Crippen LogP contribution in [0.1, 0.15) is 59.3 Å². The van der Waals surface area contributed by atoms with Gasteiger partial charge in [0.05, 0.1) is 6.61 Å². The molecule has 1 N–H and O–H groups in total. The van der Waals surface area contributed by atoms with Crippen molar-refractivity contribution in [2.75, 3.05) is 13.2 Å². The van der Waals surface area contributed by atoms with Crippen LogP contribution in [0.2, 0.25) is 0 Å². The largest absolute Gasteiger partial charge is 0.465 e. The van der Waals surface area contributed by atoms with E-state index in [1.165, 1.54) is 25.7 Å². The van der Waals surface area contributed by atoms with Crippen LogP contribution in [0.4, 0.5) is 0 Å². The Hall–Kier alpha value is -0.570. The van der Waals surface area contributed by atoms with Gasteiger partial charge < -0.3 is 10.1 Å². The Morgan fingerprint density at radius 2 is 1.83 bits per heavy atom. The summed E-state index contributed by atoms with van der Waals surface area (Å²) in [7, 11) is 0. The lowest BCUT2D eigenvalue weighted by Crippen LogP contribution is -2.45. The monoisotopic (exact) mass is 255 g/mol. The Balaban J connectivity index is 2.58. The molecule has 3 heteroatoms. The van der Waals surface area contributed by atoms with E-state index in [0.717, 1.165) is 19.4 Å². The van der Waals surface area contributed by atoms with Gasteiger partial charge in [-0.2, -0.15) is 0 Å². The highest BCUT2D eigenvalue weighted by Crippen LogP contribution is 2.26. The zero-order valence-corrected chi connectivity index (χ0v) is 12.2. The molecule has 3 nitrogen and oxygen atoms in total. The predicted molar refractivity (Wildman–Crippen MR) is 74.5 cm³/mol. The number of nitrogens with one attached hydrogen (secondary N) is 1. The van der Waals surface area contributed by atoms with Gasteiger partial charge in [0.2, 0.25) is 0 Å². The van der Waals surface area contributed by atoms with Crippen molar-refractivity contribution in [3.8, 4) is 0 Å². The van der Waals surface area contributed by atoms with Crippen molar-refractivity contribution in [1.29, 1.82) is 0 Å². The molecule has 0 spiro atoms. The van der Waals surface area contributed by atoms with Crippen LogP contribution in [0.25, 0.3) is 0 Å². The second-order valence-electron chi connectivity index (χ2n) is 5.78. The molecule has 0 aromatic rings. The molecule has 0 aromatic heterocycles. The van der Waals surface area contributed by atoms with Gasteiger partial charge in [-0.1, -0.05) is 39.5 Å². The van der Waals surface area contributed by atoms with Gasteiger partial charge in [0.25, 0.3) is 0 Å². The summed E-state index contributed by atoms with van der Waals surface area (Å²) in [6.45, 7) is 7.58. The van der Waals surface area contributed by atoms with E-state index in [1.54, 1.807) is 0 Å². The van der Waals surface area contributed by atoms with Gasteiger partial charge >= 0.3 is 5.97 Å². The zero-order chi connectivity index (χ0) is 13.4. The summed E-state index contributed by atoms with van der Waals surface area (Å²) in [4.78, 5) is 12.1. The van der Waals surface area contributed by atoms with E-state index in [9.17, 15) is 4.79 Å². The second kappa shape index (κ2) is 8.52. The number of carbonyl (C=O) groups excluding carboxylic acids is 1. The summed E-state index contributed by atoms with van der Waals surface area (Å²) >= 11 is 0. The fraction of sp³-hybridized carbons (Fsp3) is 0.933. The lowest BCUT2D eigenvalue weighted by atomic mass is 9.91. The molecule has 0 saturated heterocycles. The third-order valence-electron chi connectivity index (χ3n) is 3.66. The molecule has 0 radical (unpaired) electrons. The first-order valence-corrected chi connectivity index (χ1v) is 7.55. The van der Waals surface area contributed by atoms with Gasteiger partial charge in [0.15, 0.2) is 0 Å². The minimum atomic E-state index is -0.0922. The third kappa shape index (κ3) is 5.38. The van der Waals surface area contributed by atoms with Crippen molar-refractivity contribution in [3.05, 3.63) is 0 Å². The first-order chi connectivity index (χ1) is 8.65. The number of hydrogen-bond acceptors (Lipinski definition) is 3. The van der Waals surface area contributed by atoms with E-state index in [2.05, 4.69) is 19.2 Å². The molecular formula is C15H29NO2. The average molecular weight is 255 g/mol. The Kier molecular flexibility index (Phi) is 7.33. The molecule has 1 rings (SSSR count). The fourth-order valence-corrected chi connectivity index (χ4v) is 2.68. The first-order valence-electron chi connectivity index (χ1n) is 7.55. The smallest absolute Gasteiger partial charge is 0.323 e. The molecular weight excluding hydrogens is 226 g/mol. The number of esters is 1. The summed E-state index contributed by atoms with van der Waals surface area (Å²) < 4.78 is 5.23. The molecule has 0 aliphatic heterocycles. The van der Waals surface area contributed by atoms with Gasteiger partial charge in [-0.3, -0.25) is 4.79 Å². The third-order valence-corrected chi connectivity index (χ3v) is 3.66. The van der Waals surface area contributed by atoms with Crippen LogP contribution in [-0.4, -0.2) is 25.2 Å². The maximum absolute atomic E-state index is 12.1.